The highest BCUT2D eigenvalue weighted by molar-refractivity contribution is 6.33. The zero-order valence-electron chi connectivity index (χ0n) is 14.2. The molecule has 0 radical (unpaired) electrons. The Morgan fingerprint density at radius 3 is 2.71 bits per heavy atom. The summed E-state index contributed by atoms with van der Waals surface area (Å²) >= 11 is 6.15. The van der Waals surface area contributed by atoms with Crippen molar-refractivity contribution in [2.45, 2.75) is 44.8 Å². The Morgan fingerprint density at radius 1 is 1.25 bits per heavy atom. The van der Waals surface area contributed by atoms with Gasteiger partial charge in [0, 0.05) is 25.7 Å². The Bertz CT molecular complexity index is 588. The molecule has 0 aromatic heterocycles. The van der Waals surface area contributed by atoms with Gasteiger partial charge in [-0.05, 0) is 56.8 Å². The van der Waals surface area contributed by atoms with Crippen LogP contribution >= 0.6 is 11.6 Å². The molecule has 2 heterocycles. The number of anilines is 1. The summed E-state index contributed by atoms with van der Waals surface area (Å²) in [7, 11) is 0. The number of hydrogen-bond donors (Lipinski definition) is 2. The Hall–Kier alpha value is -1.30. The molecule has 24 heavy (non-hydrogen) atoms. The van der Waals surface area contributed by atoms with Gasteiger partial charge in [0.15, 0.2) is 0 Å². The molecule has 132 valence electrons. The molecule has 5 nitrogen and oxygen atoms in total. The highest BCUT2D eigenvalue weighted by Crippen LogP contribution is 2.25. The Labute approximate surface area is 148 Å². The van der Waals surface area contributed by atoms with Crippen molar-refractivity contribution in [2.75, 3.05) is 31.5 Å². The van der Waals surface area contributed by atoms with Crippen molar-refractivity contribution < 1.29 is 9.90 Å². The van der Waals surface area contributed by atoms with E-state index in [1.807, 2.05) is 24.0 Å². The van der Waals surface area contributed by atoms with Crippen LogP contribution in [0.5, 0.6) is 0 Å². The second-order valence-electron chi connectivity index (χ2n) is 6.92. The zero-order chi connectivity index (χ0) is 17.1. The number of likely N-dealkylation sites (tertiary alicyclic amines) is 2. The number of rotatable bonds is 2. The molecule has 6 heteroatoms. The summed E-state index contributed by atoms with van der Waals surface area (Å²) in [6, 6.07) is 6.02. The number of nitrogens with zero attached hydrogens (tertiary/aromatic N) is 2. The number of nitrogens with one attached hydrogen (secondary N) is 1. The van der Waals surface area contributed by atoms with Gasteiger partial charge in [-0.3, -0.25) is 4.90 Å². The molecule has 2 saturated heterocycles. The summed E-state index contributed by atoms with van der Waals surface area (Å²) in [6.45, 7) is 5.30. The average molecular weight is 352 g/mol. The number of urea groups is 1. The minimum atomic E-state index is -0.191. The minimum Gasteiger partial charge on any atom is -0.392 e. The van der Waals surface area contributed by atoms with Gasteiger partial charge in [0.2, 0.25) is 0 Å². The molecular weight excluding hydrogens is 326 g/mol. The topological polar surface area (TPSA) is 55.8 Å². The van der Waals surface area contributed by atoms with Gasteiger partial charge < -0.3 is 15.3 Å². The van der Waals surface area contributed by atoms with Gasteiger partial charge in [0.25, 0.3) is 0 Å². The van der Waals surface area contributed by atoms with Crippen LogP contribution in [-0.4, -0.2) is 59.3 Å². The lowest BCUT2D eigenvalue weighted by molar-refractivity contribution is 0.0298. The molecule has 0 bridgehead atoms. The van der Waals surface area contributed by atoms with Crippen molar-refractivity contribution >= 4 is 23.3 Å². The molecule has 0 aliphatic carbocycles. The van der Waals surface area contributed by atoms with Crippen LogP contribution in [0.3, 0.4) is 0 Å². The smallest absolute Gasteiger partial charge is 0.321 e. The molecule has 0 spiro atoms. The number of amides is 2. The number of aryl methyl sites for hydroxylation is 1. The first-order valence-corrected chi connectivity index (χ1v) is 9.15. The normalized spacial score (nSPS) is 23.3. The van der Waals surface area contributed by atoms with Crippen LogP contribution in [0.25, 0.3) is 0 Å². The van der Waals surface area contributed by atoms with Crippen LogP contribution in [0.15, 0.2) is 18.2 Å². The lowest BCUT2D eigenvalue weighted by Crippen LogP contribution is -2.51. The molecule has 2 aliphatic rings. The van der Waals surface area contributed by atoms with E-state index in [9.17, 15) is 9.90 Å². The van der Waals surface area contributed by atoms with Gasteiger partial charge in [0.05, 0.1) is 16.8 Å². The quantitative estimate of drug-likeness (QED) is 0.860. The monoisotopic (exact) mass is 351 g/mol. The molecule has 2 N–H and O–H groups in total. The summed E-state index contributed by atoms with van der Waals surface area (Å²) in [5.41, 5.74) is 1.74. The number of piperidine rings is 2. The third kappa shape index (κ3) is 4.21. The van der Waals surface area contributed by atoms with Gasteiger partial charge in [-0.25, -0.2) is 4.79 Å². The number of hydrogen-bond acceptors (Lipinski definition) is 3. The summed E-state index contributed by atoms with van der Waals surface area (Å²) in [6.07, 6.45) is 3.70. The standard InChI is InChI=1S/C18H26ClN3O2/c1-13-4-5-16(19)17(11-13)20-18(24)21-9-6-14(7-10-21)22-8-2-3-15(23)12-22/h4-5,11,14-15,23H,2-3,6-10,12H2,1H3,(H,20,24). The molecule has 2 fully saturated rings. The third-order valence-corrected chi connectivity index (χ3v) is 5.39. The first kappa shape index (κ1) is 17.5. The van der Waals surface area contributed by atoms with Crippen LogP contribution in [0.4, 0.5) is 10.5 Å². The second-order valence-corrected chi connectivity index (χ2v) is 7.33. The molecule has 1 aromatic rings. The minimum absolute atomic E-state index is 0.0837. The molecule has 3 rings (SSSR count). The Balaban J connectivity index is 1.52. The number of benzene rings is 1. The predicted octanol–water partition coefficient (Wildman–Crippen LogP) is 3.10. The molecule has 0 saturated carbocycles. The summed E-state index contributed by atoms with van der Waals surface area (Å²) in [5.74, 6) is 0. The molecule has 1 atom stereocenters. The molecular formula is C18H26ClN3O2. The number of carbonyl (C=O) groups is 1. The molecule has 1 aromatic carbocycles. The van der Waals surface area contributed by atoms with Crippen LogP contribution < -0.4 is 5.32 Å². The van der Waals surface area contributed by atoms with E-state index >= 15 is 0 Å². The van der Waals surface area contributed by atoms with Gasteiger partial charge >= 0.3 is 6.03 Å². The highest BCUT2D eigenvalue weighted by Gasteiger charge is 2.29. The van der Waals surface area contributed by atoms with Gasteiger partial charge in [0.1, 0.15) is 0 Å². The summed E-state index contributed by atoms with van der Waals surface area (Å²) in [5, 5.41) is 13.3. The average Bonchev–Trinajstić information content (AvgIpc) is 2.58. The zero-order valence-corrected chi connectivity index (χ0v) is 14.9. The van der Waals surface area contributed by atoms with Crippen molar-refractivity contribution in [3.8, 4) is 0 Å². The van der Waals surface area contributed by atoms with E-state index in [0.29, 0.717) is 16.8 Å². The van der Waals surface area contributed by atoms with Gasteiger partial charge in [-0.2, -0.15) is 0 Å². The van der Waals surface area contributed by atoms with Crippen molar-refractivity contribution in [1.29, 1.82) is 0 Å². The van der Waals surface area contributed by atoms with E-state index in [4.69, 9.17) is 11.6 Å². The number of aliphatic hydroxyl groups is 1. The lowest BCUT2D eigenvalue weighted by Gasteiger charge is -2.41. The van der Waals surface area contributed by atoms with Gasteiger partial charge in [-0.15, -0.1) is 0 Å². The van der Waals surface area contributed by atoms with Crippen LogP contribution in [0, 0.1) is 6.92 Å². The fourth-order valence-corrected chi connectivity index (χ4v) is 3.84. The van der Waals surface area contributed by atoms with Crippen molar-refractivity contribution in [1.82, 2.24) is 9.80 Å². The number of carbonyl (C=O) groups excluding carboxylic acids is 1. The third-order valence-electron chi connectivity index (χ3n) is 5.06. The largest absolute Gasteiger partial charge is 0.392 e. The van der Waals surface area contributed by atoms with Crippen LogP contribution in [0.1, 0.15) is 31.2 Å². The van der Waals surface area contributed by atoms with Crippen molar-refractivity contribution in [2.24, 2.45) is 0 Å². The maximum atomic E-state index is 12.5. The molecule has 2 aliphatic heterocycles. The van der Waals surface area contributed by atoms with E-state index in [1.54, 1.807) is 6.07 Å². The maximum Gasteiger partial charge on any atom is 0.321 e. The molecule has 2 amide bonds. The van der Waals surface area contributed by atoms with E-state index in [1.165, 1.54) is 0 Å². The lowest BCUT2D eigenvalue weighted by atomic mass is 9.99. The fraction of sp³-hybridized carbons (Fsp3) is 0.611. The summed E-state index contributed by atoms with van der Waals surface area (Å²) < 4.78 is 0. The number of β-amino-alcohol motifs (C(OH)–C–C–N with tert-alkyl or cyclic N) is 1. The molecule has 1 unspecified atom stereocenters. The van der Waals surface area contributed by atoms with Crippen LogP contribution in [0.2, 0.25) is 5.02 Å². The predicted molar refractivity (Wildman–Crippen MR) is 96.6 cm³/mol. The highest BCUT2D eigenvalue weighted by atomic mass is 35.5. The van der Waals surface area contributed by atoms with Crippen LogP contribution in [-0.2, 0) is 0 Å². The van der Waals surface area contributed by atoms with E-state index in [2.05, 4.69) is 10.2 Å². The number of aliphatic hydroxyl groups excluding tert-OH is 1. The van der Waals surface area contributed by atoms with Crippen molar-refractivity contribution in [3.05, 3.63) is 28.8 Å². The van der Waals surface area contributed by atoms with Gasteiger partial charge in [-0.1, -0.05) is 17.7 Å². The first-order chi connectivity index (χ1) is 11.5. The summed E-state index contributed by atoms with van der Waals surface area (Å²) in [4.78, 5) is 16.7. The first-order valence-electron chi connectivity index (χ1n) is 8.77. The van der Waals surface area contributed by atoms with E-state index in [-0.39, 0.29) is 12.1 Å². The van der Waals surface area contributed by atoms with E-state index < -0.39 is 0 Å². The van der Waals surface area contributed by atoms with E-state index in [0.717, 1.165) is 57.4 Å². The SMILES string of the molecule is Cc1ccc(Cl)c(NC(=O)N2CCC(N3CCCC(O)C3)CC2)c1. The number of halogens is 1. The fourth-order valence-electron chi connectivity index (χ4n) is 3.68. The second kappa shape index (κ2) is 7.72. The maximum absolute atomic E-state index is 12.5. The Kier molecular flexibility index (Phi) is 5.64. The van der Waals surface area contributed by atoms with Crippen molar-refractivity contribution in [3.63, 3.8) is 0 Å². The Morgan fingerprint density at radius 2 is 2.00 bits per heavy atom.